The van der Waals surface area contributed by atoms with E-state index in [9.17, 15) is 0 Å². The van der Waals surface area contributed by atoms with E-state index >= 15 is 0 Å². The second-order valence-electron chi connectivity index (χ2n) is 5.50. The predicted octanol–water partition coefficient (Wildman–Crippen LogP) is 1.52. The van der Waals surface area contributed by atoms with Crippen molar-refractivity contribution >= 4 is 0 Å². The maximum atomic E-state index is 4.79. The van der Waals surface area contributed by atoms with Gasteiger partial charge in [-0.15, -0.1) is 10.2 Å². The van der Waals surface area contributed by atoms with Gasteiger partial charge >= 0.3 is 0 Å². The van der Waals surface area contributed by atoms with Gasteiger partial charge in [0.25, 0.3) is 0 Å². The molecule has 0 fully saturated rings. The second kappa shape index (κ2) is 5.01. The first-order valence-electron chi connectivity index (χ1n) is 7.26. The van der Waals surface area contributed by atoms with Crippen LogP contribution in [-0.2, 0) is 20.1 Å². The molecule has 0 saturated heterocycles. The Hall–Kier alpha value is -1.69. The van der Waals surface area contributed by atoms with Crippen molar-refractivity contribution in [1.82, 2.24) is 29.4 Å². The summed E-state index contributed by atoms with van der Waals surface area (Å²) in [7, 11) is 1.99. The summed E-state index contributed by atoms with van der Waals surface area (Å²) in [6.07, 6.45) is 1.15. The first-order chi connectivity index (χ1) is 9.61. The van der Waals surface area contributed by atoms with E-state index in [1.807, 2.05) is 18.5 Å². The molecule has 0 spiro atoms. The maximum Gasteiger partial charge on any atom is 0.184 e. The minimum Gasteiger partial charge on any atom is -0.313 e. The third-order valence-electron chi connectivity index (χ3n) is 4.29. The highest BCUT2D eigenvalue weighted by molar-refractivity contribution is 5.56. The van der Waals surface area contributed by atoms with Crippen LogP contribution in [0.2, 0.25) is 0 Å². The fourth-order valence-electron chi connectivity index (χ4n) is 2.80. The first kappa shape index (κ1) is 13.3. The molecular formula is C14H22N6. The second-order valence-corrected chi connectivity index (χ2v) is 5.50. The van der Waals surface area contributed by atoms with Crippen molar-refractivity contribution in [3.05, 3.63) is 17.1 Å². The Morgan fingerprint density at radius 2 is 1.95 bits per heavy atom. The molecule has 2 aromatic rings. The van der Waals surface area contributed by atoms with Crippen LogP contribution in [0.4, 0.5) is 0 Å². The summed E-state index contributed by atoms with van der Waals surface area (Å²) in [6, 6.07) is 0. The van der Waals surface area contributed by atoms with Gasteiger partial charge in [0.05, 0.1) is 5.69 Å². The van der Waals surface area contributed by atoms with Gasteiger partial charge in [-0.25, -0.2) is 0 Å². The number of hydrogen-bond acceptors (Lipinski definition) is 4. The number of rotatable bonds is 2. The largest absolute Gasteiger partial charge is 0.313 e. The van der Waals surface area contributed by atoms with Crippen LogP contribution in [0.15, 0.2) is 0 Å². The molecule has 1 aliphatic heterocycles. The van der Waals surface area contributed by atoms with Crippen molar-refractivity contribution in [2.45, 2.75) is 40.3 Å². The van der Waals surface area contributed by atoms with Crippen molar-refractivity contribution in [2.75, 3.05) is 13.1 Å². The lowest BCUT2D eigenvalue weighted by Crippen LogP contribution is -2.22. The Bertz CT molecular complexity index is 624. The standard InChI is InChI=1S/C14H22N6/c1-5-19-7-6-8-20-12(9-19)10(2)13(17-20)14-16-15-11(3)18(14)4/h5-9H2,1-4H3. The molecular weight excluding hydrogens is 252 g/mol. The van der Waals surface area contributed by atoms with E-state index in [1.165, 1.54) is 11.3 Å². The van der Waals surface area contributed by atoms with Crippen LogP contribution < -0.4 is 0 Å². The van der Waals surface area contributed by atoms with Gasteiger partial charge in [-0.05, 0) is 26.8 Å². The van der Waals surface area contributed by atoms with Gasteiger partial charge in [0.1, 0.15) is 11.5 Å². The van der Waals surface area contributed by atoms with Crippen LogP contribution >= 0.6 is 0 Å². The molecule has 3 heterocycles. The Morgan fingerprint density at radius 1 is 1.15 bits per heavy atom. The summed E-state index contributed by atoms with van der Waals surface area (Å²) in [5.41, 5.74) is 3.53. The van der Waals surface area contributed by atoms with Gasteiger partial charge in [0.2, 0.25) is 0 Å². The van der Waals surface area contributed by atoms with E-state index in [0.717, 1.165) is 49.9 Å². The molecule has 0 aromatic carbocycles. The highest BCUT2D eigenvalue weighted by Crippen LogP contribution is 2.26. The fraction of sp³-hybridized carbons (Fsp3) is 0.643. The third-order valence-corrected chi connectivity index (χ3v) is 4.29. The number of hydrogen-bond donors (Lipinski definition) is 0. The number of nitrogens with zero attached hydrogens (tertiary/aromatic N) is 6. The minimum absolute atomic E-state index is 0.864. The van der Waals surface area contributed by atoms with Crippen molar-refractivity contribution in [3.63, 3.8) is 0 Å². The molecule has 20 heavy (non-hydrogen) atoms. The molecule has 0 atom stereocenters. The van der Waals surface area contributed by atoms with Gasteiger partial charge in [-0.3, -0.25) is 9.58 Å². The van der Waals surface area contributed by atoms with Crippen LogP contribution in [0.1, 0.15) is 30.4 Å². The summed E-state index contributed by atoms with van der Waals surface area (Å²) in [5, 5.41) is 13.2. The van der Waals surface area contributed by atoms with Gasteiger partial charge < -0.3 is 4.57 Å². The van der Waals surface area contributed by atoms with Crippen molar-refractivity contribution < 1.29 is 0 Å². The van der Waals surface area contributed by atoms with E-state index in [2.05, 4.69) is 33.6 Å². The number of aromatic nitrogens is 5. The Labute approximate surface area is 119 Å². The average Bonchev–Trinajstić information content (AvgIpc) is 2.84. The van der Waals surface area contributed by atoms with Gasteiger partial charge in [0, 0.05) is 32.2 Å². The molecule has 6 heteroatoms. The topological polar surface area (TPSA) is 51.8 Å². The van der Waals surface area contributed by atoms with Crippen LogP contribution in [0.25, 0.3) is 11.5 Å². The monoisotopic (exact) mass is 274 g/mol. The summed E-state index contributed by atoms with van der Waals surface area (Å²) >= 11 is 0. The lowest BCUT2D eigenvalue weighted by atomic mass is 10.2. The predicted molar refractivity (Wildman–Crippen MR) is 77.3 cm³/mol. The Kier molecular flexibility index (Phi) is 3.33. The van der Waals surface area contributed by atoms with Gasteiger partial charge in [0.15, 0.2) is 5.82 Å². The molecule has 0 bridgehead atoms. The van der Waals surface area contributed by atoms with Gasteiger partial charge in [-0.1, -0.05) is 6.92 Å². The van der Waals surface area contributed by atoms with E-state index in [-0.39, 0.29) is 0 Å². The summed E-state index contributed by atoms with van der Waals surface area (Å²) in [6.45, 7) is 10.5. The fourth-order valence-corrected chi connectivity index (χ4v) is 2.80. The zero-order chi connectivity index (χ0) is 14.3. The van der Waals surface area contributed by atoms with Crippen LogP contribution in [0, 0.1) is 13.8 Å². The van der Waals surface area contributed by atoms with E-state index in [4.69, 9.17) is 5.10 Å². The van der Waals surface area contributed by atoms with E-state index in [0.29, 0.717) is 0 Å². The van der Waals surface area contributed by atoms with Crippen LogP contribution in [-0.4, -0.2) is 42.5 Å². The normalized spacial score (nSPS) is 16.2. The Morgan fingerprint density at radius 3 is 2.60 bits per heavy atom. The molecule has 6 nitrogen and oxygen atoms in total. The zero-order valence-electron chi connectivity index (χ0n) is 12.7. The highest BCUT2D eigenvalue weighted by atomic mass is 15.3. The molecule has 3 rings (SSSR count). The molecule has 0 N–H and O–H groups in total. The highest BCUT2D eigenvalue weighted by Gasteiger charge is 2.22. The first-order valence-corrected chi connectivity index (χ1v) is 7.26. The van der Waals surface area contributed by atoms with E-state index in [1.54, 1.807) is 0 Å². The third kappa shape index (κ3) is 2.04. The van der Waals surface area contributed by atoms with Gasteiger partial charge in [-0.2, -0.15) is 5.10 Å². The molecule has 0 unspecified atom stereocenters. The quantitative estimate of drug-likeness (QED) is 0.833. The SMILES string of the molecule is CCN1CCCn2nc(-c3nnc(C)n3C)c(C)c2C1. The van der Waals surface area contributed by atoms with Crippen LogP contribution in [0.5, 0.6) is 0 Å². The zero-order valence-corrected chi connectivity index (χ0v) is 12.7. The number of fused-ring (bicyclic) bond motifs is 1. The minimum atomic E-state index is 0.864. The lowest BCUT2D eigenvalue weighted by Gasteiger charge is -2.16. The smallest absolute Gasteiger partial charge is 0.184 e. The molecule has 0 saturated carbocycles. The molecule has 0 radical (unpaired) electrons. The van der Waals surface area contributed by atoms with Crippen molar-refractivity contribution in [1.29, 1.82) is 0 Å². The molecule has 2 aromatic heterocycles. The average molecular weight is 274 g/mol. The van der Waals surface area contributed by atoms with Crippen LogP contribution in [0.3, 0.4) is 0 Å². The number of aryl methyl sites for hydroxylation is 2. The van der Waals surface area contributed by atoms with E-state index < -0.39 is 0 Å². The maximum absolute atomic E-state index is 4.79. The molecule has 0 aliphatic carbocycles. The summed E-state index contributed by atoms with van der Waals surface area (Å²) < 4.78 is 4.16. The Balaban J connectivity index is 2.05. The molecule has 108 valence electrons. The summed E-state index contributed by atoms with van der Waals surface area (Å²) in [5.74, 6) is 1.78. The molecule has 0 amide bonds. The van der Waals surface area contributed by atoms with Crippen molar-refractivity contribution in [3.8, 4) is 11.5 Å². The lowest BCUT2D eigenvalue weighted by molar-refractivity contribution is 0.284. The van der Waals surface area contributed by atoms with Crippen molar-refractivity contribution in [2.24, 2.45) is 7.05 Å². The summed E-state index contributed by atoms with van der Waals surface area (Å²) in [4.78, 5) is 2.47. The molecule has 1 aliphatic rings.